The lowest BCUT2D eigenvalue weighted by Crippen LogP contribution is -2.31. The predicted molar refractivity (Wildman–Crippen MR) is 98.0 cm³/mol. The molecule has 0 aliphatic rings. The number of para-hydroxylation sites is 1. The maximum Gasteiger partial charge on any atom is 0.251 e. The average Bonchev–Trinajstić information content (AvgIpc) is 2.67. The highest BCUT2D eigenvalue weighted by Gasteiger charge is 2.13. The van der Waals surface area contributed by atoms with E-state index in [2.05, 4.69) is 22.8 Å². The first-order chi connectivity index (χ1) is 11.8. The van der Waals surface area contributed by atoms with Crippen LogP contribution in [0.4, 0.5) is 5.69 Å². The Morgan fingerprint density at radius 2 is 1.29 bits per heavy atom. The molecule has 3 aromatic rings. The second kappa shape index (κ2) is 7.97. The van der Waals surface area contributed by atoms with E-state index in [1.807, 2.05) is 78.9 Å². The minimum Gasteiger partial charge on any atom is -0.376 e. The predicted octanol–water partition coefficient (Wildman–Crippen LogP) is 4.27. The van der Waals surface area contributed by atoms with Gasteiger partial charge in [0.1, 0.15) is 0 Å². The fourth-order valence-corrected chi connectivity index (χ4v) is 2.56. The summed E-state index contributed by atoms with van der Waals surface area (Å²) in [7, 11) is 0. The largest absolute Gasteiger partial charge is 0.376 e. The number of hydrogen-bond donors (Lipinski definition) is 2. The van der Waals surface area contributed by atoms with E-state index >= 15 is 0 Å². The summed E-state index contributed by atoms with van der Waals surface area (Å²) in [5, 5.41) is 6.50. The van der Waals surface area contributed by atoms with Crippen LogP contribution in [0.25, 0.3) is 0 Å². The zero-order valence-corrected chi connectivity index (χ0v) is 13.4. The van der Waals surface area contributed by atoms with E-state index in [9.17, 15) is 4.79 Å². The van der Waals surface area contributed by atoms with Crippen molar-refractivity contribution in [2.45, 2.75) is 6.04 Å². The van der Waals surface area contributed by atoms with E-state index in [0.717, 1.165) is 11.3 Å². The molecule has 0 radical (unpaired) electrons. The third-order valence-corrected chi connectivity index (χ3v) is 3.82. The first-order valence-corrected chi connectivity index (χ1v) is 8.03. The number of rotatable bonds is 6. The van der Waals surface area contributed by atoms with Gasteiger partial charge in [0.05, 0.1) is 6.04 Å². The topological polar surface area (TPSA) is 41.1 Å². The van der Waals surface area contributed by atoms with E-state index in [-0.39, 0.29) is 11.9 Å². The monoisotopic (exact) mass is 316 g/mol. The Morgan fingerprint density at radius 1 is 0.750 bits per heavy atom. The van der Waals surface area contributed by atoms with Gasteiger partial charge in [-0.05, 0) is 29.8 Å². The Hall–Kier alpha value is -3.07. The summed E-state index contributed by atoms with van der Waals surface area (Å²) in [5.41, 5.74) is 2.83. The van der Waals surface area contributed by atoms with Gasteiger partial charge in [-0.25, -0.2) is 0 Å². The molecule has 3 aromatic carbocycles. The fraction of sp³-hybridized carbons (Fsp3) is 0.0952. The molecule has 0 heterocycles. The number of hydrogen-bond acceptors (Lipinski definition) is 2. The van der Waals surface area contributed by atoms with Crippen LogP contribution in [0, 0.1) is 0 Å². The average molecular weight is 316 g/mol. The third kappa shape index (κ3) is 4.23. The summed E-state index contributed by atoms with van der Waals surface area (Å²) in [6.07, 6.45) is 0. The Labute approximate surface area is 142 Å². The Kier molecular flexibility index (Phi) is 5.25. The van der Waals surface area contributed by atoms with Crippen molar-refractivity contribution >= 4 is 11.6 Å². The lowest BCUT2D eigenvalue weighted by molar-refractivity contribution is 0.0952. The van der Waals surface area contributed by atoms with Crippen LogP contribution in [0.1, 0.15) is 22.0 Å². The molecule has 0 aromatic heterocycles. The molecule has 1 amide bonds. The first-order valence-electron chi connectivity index (χ1n) is 8.03. The van der Waals surface area contributed by atoms with Crippen LogP contribution < -0.4 is 10.6 Å². The van der Waals surface area contributed by atoms with Crippen LogP contribution >= 0.6 is 0 Å². The molecule has 3 rings (SSSR count). The lowest BCUT2D eigenvalue weighted by Gasteiger charge is -2.21. The van der Waals surface area contributed by atoms with Gasteiger partial charge in [0.25, 0.3) is 5.91 Å². The number of carbonyl (C=O) groups excluding carboxylic acids is 1. The summed E-state index contributed by atoms with van der Waals surface area (Å²) in [4.78, 5) is 12.3. The van der Waals surface area contributed by atoms with Crippen molar-refractivity contribution < 1.29 is 4.79 Å². The van der Waals surface area contributed by atoms with E-state index in [4.69, 9.17) is 0 Å². The molecule has 0 fully saturated rings. The van der Waals surface area contributed by atoms with Crippen molar-refractivity contribution in [1.82, 2.24) is 5.32 Å². The second-order valence-corrected chi connectivity index (χ2v) is 5.55. The molecule has 0 aliphatic carbocycles. The van der Waals surface area contributed by atoms with Crippen LogP contribution in [-0.2, 0) is 0 Å². The number of benzene rings is 3. The Bertz CT molecular complexity index is 758. The molecule has 24 heavy (non-hydrogen) atoms. The van der Waals surface area contributed by atoms with E-state index < -0.39 is 0 Å². The van der Waals surface area contributed by atoms with Crippen molar-refractivity contribution in [2.75, 3.05) is 11.9 Å². The van der Waals surface area contributed by atoms with Crippen molar-refractivity contribution in [3.05, 3.63) is 102 Å². The lowest BCUT2D eigenvalue weighted by atomic mass is 10.1. The molecular weight excluding hydrogens is 296 g/mol. The molecule has 0 bridgehead atoms. The van der Waals surface area contributed by atoms with Crippen molar-refractivity contribution in [3.63, 3.8) is 0 Å². The summed E-state index contributed by atoms with van der Waals surface area (Å²) < 4.78 is 0. The van der Waals surface area contributed by atoms with Gasteiger partial charge >= 0.3 is 0 Å². The molecule has 3 heteroatoms. The minimum absolute atomic E-state index is 0.00117. The molecule has 2 N–H and O–H groups in total. The van der Waals surface area contributed by atoms with Gasteiger partial charge in [-0.15, -0.1) is 0 Å². The molecule has 1 unspecified atom stereocenters. The van der Waals surface area contributed by atoms with Gasteiger partial charge in [0.15, 0.2) is 0 Å². The molecule has 0 spiro atoms. The minimum atomic E-state index is -0.0635. The normalized spacial score (nSPS) is 11.5. The van der Waals surface area contributed by atoms with Crippen molar-refractivity contribution in [3.8, 4) is 0 Å². The van der Waals surface area contributed by atoms with E-state index in [1.54, 1.807) is 0 Å². The molecule has 0 saturated heterocycles. The van der Waals surface area contributed by atoms with Crippen LogP contribution in [0.3, 0.4) is 0 Å². The quantitative estimate of drug-likeness (QED) is 0.713. The smallest absolute Gasteiger partial charge is 0.251 e. The molecular formula is C21H20N2O. The summed E-state index contributed by atoms with van der Waals surface area (Å²) in [6.45, 7) is 0.507. The third-order valence-electron chi connectivity index (χ3n) is 3.82. The number of anilines is 1. The van der Waals surface area contributed by atoms with Crippen LogP contribution in [0.2, 0.25) is 0 Å². The highest BCUT2D eigenvalue weighted by Crippen LogP contribution is 2.19. The maximum atomic E-state index is 12.3. The van der Waals surface area contributed by atoms with Gasteiger partial charge in [-0.2, -0.15) is 0 Å². The Morgan fingerprint density at radius 3 is 1.92 bits per heavy atom. The van der Waals surface area contributed by atoms with Crippen LogP contribution in [-0.4, -0.2) is 12.5 Å². The molecule has 0 saturated carbocycles. The second-order valence-electron chi connectivity index (χ2n) is 5.55. The molecule has 0 aliphatic heterocycles. The molecule has 3 nitrogen and oxygen atoms in total. The van der Waals surface area contributed by atoms with E-state index in [0.29, 0.717) is 12.1 Å². The summed E-state index contributed by atoms with van der Waals surface area (Å²) >= 11 is 0. The standard InChI is InChI=1S/C21H20N2O/c24-21(18-12-6-2-7-13-18)22-16-20(17-10-4-1-5-11-17)23-19-14-8-3-9-15-19/h1-15,20,23H,16H2,(H,22,24). The highest BCUT2D eigenvalue weighted by molar-refractivity contribution is 5.94. The first kappa shape index (κ1) is 15.8. The van der Waals surface area contributed by atoms with Gasteiger partial charge in [-0.3, -0.25) is 4.79 Å². The number of nitrogens with one attached hydrogen (secondary N) is 2. The summed E-state index contributed by atoms with van der Waals surface area (Å²) in [5.74, 6) is -0.0635. The maximum absolute atomic E-state index is 12.3. The SMILES string of the molecule is O=C(NCC(Nc1ccccc1)c1ccccc1)c1ccccc1. The molecule has 120 valence electrons. The zero-order valence-electron chi connectivity index (χ0n) is 13.4. The van der Waals surface area contributed by atoms with Crippen molar-refractivity contribution in [1.29, 1.82) is 0 Å². The van der Waals surface area contributed by atoms with E-state index in [1.165, 1.54) is 0 Å². The van der Waals surface area contributed by atoms with Gasteiger partial charge in [0, 0.05) is 17.8 Å². The molecule has 1 atom stereocenters. The van der Waals surface area contributed by atoms with Gasteiger partial charge in [-0.1, -0.05) is 66.7 Å². The number of amides is 1. The van der Waals surface area contributed by atoms with Crippen LogP contribution in [0.5, 0.6) is 0 Å². The summed E-state index contributed by atoms with van der Waals surface area (Å²) in [6, 6.07) is 29.4. The van der Waals surface area contributed by atoms with Gasteiger partial charge in [0.2, 0.25) is 0 Å². The Balaban J connectivity index is 1.72. The van der Waals surface area contributed by atoms with Gasteiger partial charge < -0.3 is 10.6 Å². The fourth-order valence-electron chi connectivity index (χ4n) is 2.56. The highest BCUT2D eigenvalue weighted by atomic mass is 16.1. The zero-order chi connectivity index (χ0) is 16.6. The van der Waals surface area contributed by atoms with Crippen molar-refractivity contribution in [2.24, 2.45) is 0 Å². The van der Waals surface area contributed by atoms with Crippen LogP contribution in [0.15, 0.2) is 91.0 Å². The number of carbonyl (C=O) groups is 1.